The number of aliphatic imine (C=N–C) groups is 1. The summed E-state index contributed by atoms with van der Waals surface area (Å²) >= 11 is 6.04. The second-order valence-electron chi connectivity index (χ2n) is 4.57. The topological polar surface area (TPSA) is 41.1 Å². The molecule has 0 radical (unpaired) electrons. The van der Waals surface area contributed by atoms with Crippen LogP contribution >= 0.6 is 11.6 Å². The van der Waals surface area contributed by atoms with E-state index in [1.165, 1.54) is 0 Å². The molecule has 0 saturated carbocycles. The number of benzene rings is 1. The van der Waals surface area contributed by atoms with Crippen molar-refractivity contribution >= 4 is 23.5 Å². The van der Waals surface area contributed by atoms with Crippen molar-refractivity contribution in [2.24, 2.45) is 4.99 Å². The number of nitriles is 1. The van der Waals surface area contributed by atoms with E-state index in [-0.39, 0.29) is 5.50 Å². The van der Waals surface area contributed by atoms with Crippen LogP contribution in [0.15, 0.2) is 53.8 Å². The highest BCUT2D eigenvalue weighted by Crippen LogP contribution is 2.28. The Morgan fingerprint density at radius 1 is 1.25 bits per heavy atom. The summed E-state index contributed by atoms with van der Waals surface area (Å²) in [5.41, 5.74) is 3.44. The number of dihydropyridines is 1. The molecule has 3 rings (SSSR count). The third-order valence-corrected chi connectivity index (χ3v) is 3.52. The van der Waals surface area contributed by atoms with Gasteiger partial charge in [0.15, 0.2) is 0 Å². The largest absolute Gasteiger partial charge is 0.325 e. The van der Waals surface area contributed by atoms with Gasteiger partial charge in [0, 0.05) is 36.3 Å². The molecule has 1 aromatic heterocycles. The number of alkyl halides is 1. The van der Waals surface area contributed by atoms with Gasteiger partial charge in [0.05, 0.1) is 5.56 Å². The Balaban J connectivity index is 2.04. The fourth-order valence-electron chi connectivity index (χ4n) is 2.26. The molecule has 0 amide bonds. The third kappa shape index (κ3) is 2.38. The molecule has 2 heterocycles. The lowest BCUT2D eigenvalue weighted by Gasteiger charge is -2.13. The molecule has 0 spiro atoms. The zero-order chi connectivity index (χ0) is 13.9. The number of hydrogen-bond donors (Lipinski definition) is 0. The third-order valence-electron chi connectivity index (χ3n) is 3.26. The highest BCUT2D eigenvalue weighted by molar-refractivity contribution is 6.21. The zero-order valence-electron chi connectivity index (χ0n) is 10.7. The number of rotatable bonds is 2. The van der Waals surface area contributed by atoms with Gasteiger partial charge in [0.2, 0.25) is 0 Å². The quantitative estimate of drug-likeness (QED) is 0.608. The summed E-state index contributed by atoms with van der Waals surface area (Å²) in [6.07, 6.45) is 8.12. The second kappa shape index (κ2) is 5.36. The van der Waals surface area contributed by atoms with Crippen molar-refractivity contribution in [1.82, 2.24) is 4.57 Å². The van der Waals surface area contributed by atoms with Gasteiger partial charge in [-0.2, -0.15) is 5.26 Å². The molecule has 98 valence electrons. The first-order chi connectivity index (χ1) is 9.78. The van der Waals surface area contributed by atoms with E-state index in [9.17, 15) is 5.26 Å². The second-order valence-corrected chi connectivity index (χ2v) is 5.07. The molecule has 4 heteroatoms. The van der Waals surface area contributed by atoms with E-state index in [1.807, 2.05) is 53.4 Å². The first-order valence-electron chi connectivity index (χ1n) is 6.32. The Kier molecular flexibility index (Phi) is 3.41. The van der Waals surface area contributed by atoms with Crippen LogP contribution in [0.1, 0.15) is 12.0 Å². The summed E-state index contributed by atoms with van der Waals surface area (Å²) in [4.78, 5) is 4.10. The number of allylic oxidation sites excluding steroid dienone is 1. The molecule has 0 aliphatic carbocycles. The average Bonchev–Trinajstić information content (AvgIpc) is 2.92. The molecule has 1 aromatic carbocycles. The molecule has 20 heavy (non-hydrogen) atoms. The van der Waals surface area contributed by atoms with E-state index in [1.54, 1.807) is 6.21 Å². The SMILES string of the molecule is N#Cc1cn(C2=CC=NC(Cl)C2)cc1-c1ccccc1. The number of aromatic nitrogens is 1. The molecule has 3 nitrogen and oxygen atoms in total. The van der Waals surface area contributed by atoms with Gasteiger partial charge in [-0.15, -0.1) is 0 Å². The molecular weight excluding hydrogens is 270 g/mol. The van der Waals surface area contributed by atoms with Crippen LogP contribution in [0.2, 0.25) is 0 Å². The maximum Gasteiger partial charge on any atom is 0.129 e. The van der Waals surface area contributed by atoms with E-state index in [4.69, 9.17) is 11.6 Å². The van der Waals surface area contributed by atoms with E-state index in [2.05, 4.69) is 11.1 Å². The van der Waals surface area contributed by atoms with Crippen LogP contribution in [-0.2, 0) is 0 Å². The maximum absolute atomic E-state index is 9.31. The molecule has 0 N–H and O–H groups in total. The van der Waals surface area contributed by atoms with Crippen LogP contribution in [0.3, 0.4) is 0 Å². The van der Waals surface area contributed by atoms with Gasteiger partial charge < -0.3 is 4.57 Å². The van der Waals surface area contributed by atoms with Gasteiger partial charge >= 0.3 is 0 Å². The average molecular weight is 282 g/mol. The van der Waals surface area contributed by atoms with Crippen molar-refractivity contribution in [2.45, 2.75) is 11.9 Å². The molecule has 0 bridgehead atoms. The van der Waals surface area contributed by atoms with Gasteiger partial charge in [0.25, 0.3) is 0 Å². The molecular formula is C16H12ClN3. The van der Waals surface area contributed by atoms with E-state index >= 15 is 0 Å². The van der Waals surface area contributed by atoms with Crippen LogP contribution in [-0.4, -0.2) is 16.3 Å². The molecule has 1 aliphatic rings. The van der Waals surface area contributed by atoms with Crippen molar-refractivity contribution in [3.05, 3.63) is 54.4 Å². The van der Waals surface area contributed by atoms with Crippen molar-refractivity contribution in [3.63, 3.8) is 0 Å². The Bertz CT molecular complexity index is 720. The summed E-state index contributed by atoms with van der Waals surface area (Å²) in [5.74, 6) is 0. The maximum atomic E-state index is 9.31. The van der Waals surface area contributed by atoms with Gasteiger partial charge in [-0.25, -0.2) is 0 Å². The normalized spacial score (nSPS) is 17.6. The predicted molar refractivity (Wildman–Crippen MR) is 81.6 cm³/mol. The van der Waals surface area contributed by atoms with Gasteiger partial charge in [0.1, 0.15) is 11.6 Å². The van der Waals surface area contributed by atoms with Gasteiger partial charge in [-0.1, -0.05) is 41.9 Å². The molecule has 2 aromatic rings. The van der Waals surface area contributed by atoms with Crippen molar-refractivity contribution < 1.29 is 0 Å². The highest BCUT2D eigenvalue weighted by atomic mass is 35.5. The zero-order valence-corrected chi connectivity index (χ0v) is 11.5. The fourth-order valence-corrected chi connectivity index (χ4v) is 2.49. The molecule has 0 saturated heterocycles. The Hall–Kier alpha value is -2.31. The predicted octanol–water partition coefficient (Wildman–Crippen LogP) is 3.91. The summed E-state index contributed by atoms with van der Waals surface area (Å²) in [5, 5.41) is 9.31. The highest BCUT2D eigenvalue weighted by Gasteiger charge is 2.14. The number of hydrogen-bond acceptors (Lipinski definition) is 2. The minimum atomic E-state index is -0.233. The van der Waals surface area contributed by atoms with Crippen LogP contribution in [0.5, 0.6) is 0 Å². The van der Waals surface area contributed by atoms with Gasteiger partial charge in [-0.3, -0.25) is 4.99 Å². The smallest absolute Gasteiger partial charge is 0.129 e. The summed E-state index contributed by atoms with van der Waals surface area (Å²) < 4.78 is 1.96. The standard InChI is InChI=1S/C16H12ClN3/c17-16-8-14(6-7-19-16)20-10-13(9-18)15(11-20)12-4-2-1-3-5-12/h1-7,10-11,16H,8H2. The van der Waals surface area contributed by atoms with Crippen molar-refractivity contribution in [2.75, 3.05) is 0 Å². The van der Waals surface area contributed by atoms with Crippen LogP contribution in [0.25, 0.3) is 16.8 Å². The minimum absolute atomic E-state index is 0.233. The van der Waals surface area contributed by atoms with E-state index in [0.717, 1.165) is 16.8 Å². The van der Waals surface area contributed by atoms with E-state index in [0.29, 0.717) is 12.0 Å². The number of nitrogens with zero attached hydrogens (tertiary/aromatic N) is 3. The Morgan fingerprint density at radius 3 is 2.75 bits per heavy atom. The monoisotopic (exact) mass is 281 g/mol. The Morgan fingerprint density at radius 2 is 2.05 bits per heavy atom. The number of halogens is 1. The molecule has 1 unspecified atom stereocenters. The summed E-state index contributed by atoms with van der Waals surface area (Å²) in [7, 11) is 0. The Labute approximate surface area is 122 Å². The molecule has 0 fully saturated rings. The van der Waals surface area contributed by atoms with Gasteiger partial charge in [-0.05, 0) is 11.6 Å². The lowest BCUT2D eigenvalue weighted by molar-refractivity contribution is 0.876. The lowest BCUT2D eigenvalue weighted by Crippen LogP contribution is -2.06. The van der Waals surface area contributed by atoms with E-state index < -0.39 is 0 Å². The summed E-state index contributed by atoms with van der Waals surface area (Å²) in [6.45, 7) is 0. The first kappa shape index (κ1) is 12.7. The minimum Gasteiger partial charge on any atom is -0.325 e. The van der Waals surface area contributed by atoms with Crippen molar-refractivity contribution in [3.8, 4) is 17.2 Å². The van der Waals surface area contributed by atoms with Crippen LogP contribution in [0, 0.1) is 11.3 Å². The van der Waals surface area contributed by atoms with Crippen LogP contribution in [0.4, 0.5) is 0 Å². The van der Waals surface area contributed by atoms with Crippen molar-refractivity contribution in [1.29, 1.82) is 5.26 Å². The first-order valence-corrected chi connectivity index (χ1v) is 6.76. The molecule has 1 aliphatic heterocycles. The fraction of sp³-hybridized carbons (Fsp3) is 0.125. The lowest BCUT2D eigenvalue weighted by atomic mass is 10.1. The summed E-state index contributed by atoms with van der Waals surface area (Å²) in [6, 6.07) is 12.2. The molecule has 1 atom stereocenters. The van der Waals surface area contributed by atoms with Crippen LogP contribution < -0.4 is 0 Å².